The smallest absolute Gasteiger partial charge is 0.223 e. The molecule has 14 heavy (non-hydrogen) atoms. The number of hydrogen-bond acceptors (Lipinski definition) is 4. The molecular weight excluding hydrogens is 223 g/mol. The summed E-state index contributed by atoms with van der Waals surface area (Å²) in [7, 11) is 0. The summed E-state index contributed by atoms with van der Waals surface area (Å²) in [6.07, 6.45) is 6.12. The molecule has 0 unspecified atom stereocenters. The van der Waals surface area contributed by atoms with Gasteiger partial charge in [-0.15, -0.1) is 0 Å². The summed E-state index contributed by atoms with van der Waals surface area (Å²) in [5.41, 5.74) is 1.06. The molecule has 2 aromatic rings. The first kappa shape index (κ1) is 9.30. The molecule has 6 heteroatoms. The van der Waals surface area contributed by atoms with Gasteiger partial charge in [-0.3, -0.25) is 9.97 Å². The summed E-state index contributed by atoms with van der Waals surface area (Å²) in [4.78, 5) is 15.7. The Bertz CT molecular complexity index is 446. The Labute approximate surface area is 90.0 Å². The normalized spacial score (nSPS) is 10.1. The van der Waals surface area contributed by atoms with Crippen LogP contribution in [-0.2, 0) is 0 Å². The molecule has 0 bridgehead atoms. The van der Waals surface area contributed by atoms with E-state index in [0.29, 0.717) is 16.4 Å². The lowest BCUT2D eigenvalue weighted by atomic mass is 10.3. The highest BCUT2D eigenvalue weighted by Gasteiger charge is 2.07. The van der Waals surface area contributed by atoms with Crippen LogP contribution in [0.3, 0.4) is 0 Å². The van der Waals surface area contributed by atoms with Crippen LogP contribution in [0, 0.1) is 0 Å². The highest BCUT2D eigenvalue weighted by Crippen LogP contribution is 2.23. The monoisotopic (exact) mass is 226 g/mol. The molecule has 0 N–H and O–H groups in total. The van der Waals surface area contributed by atoms with E-state index in [1.165, 1.54) is 6.20 Å². The Morgan fingerprint density at radius 1 is 1.00 bits per heavy atom. The van der Waals surface area contributed by atoms with Gasteiger partial charge in [0, 0.05) is 12.4 Å². The van der Waals surface area contributed by atoms with E-state index >= 15 is 0 Å². The zero-order chi connectivity index (χ0) is 9.97. The minimum Gasteiger partial charge on any atom is -0.261 e. The minimum atomic E-state index is 0.134. The molecule has 0 saturated heterocycles. The van der Waals surface area contributed by atoms with E-state index in [9.17, 15) is 0 Å². The summed E-state index contributed by atoms with van der Waals surface area (Å²) in [5.74, 6) is 0. The Morgan fingerprint density at radius 2 is 1.86 bits per heavy atom. The standard InChI is InChI=1S/C8H4Cl2N4/c9-5-3-13-8(10)14-7(5)6-4-11-1-2-12-6/h1-4H. The van der Waals surface area contributed by atoms with Gasteiger partial charge in [0.2, 0.25) is 5.28 Å². The van der Waals surface area contributed by atoms with E-state index in [1.54, 1.807) is 18.6 Å². The molecule has 0 atom stereocenters. The summed E-state index contributed by atoms with van der Waals surface area (Å²) in [5, 5.41) is 0.532. The molecule has 0 aliphatic rings. The van der Waals surface area contributed by atoms with Crippen molar-refractivity contribution in [3.63, 3.8) is 0 Å². The predicted molar refractivity (Wildman–Crippen MR) is 53.1 cm³/mol. The number of aromatic nitrogens is 4. The molecule has 0 aliphatic heterocycles. The predicted octanol–water partition coefficient (Wildman–Crippen LogP) is 2.24. The van der Waals surface area contributed by atoms with Gasteiger partial charge in [-0.25, -0.2) is 9.97 Å². The molecule has 2 aromatic heterocycles. The molecule has 0 saturated carbocycles. The van der Waals surface area contributed by atoms with Gasteiger partial charge >= 0.3 is 0 Å². The Hall–Kier alpha value is -1.26. The fraction of sp³-hybridized carbons (Fsp3) is 0. The molecule has 0 radical (unpaired) electrons. The molecule has 0 amide bonds. The largest absolute Gasteiger partial charge is 0.261 e. The Balaban J connectivity index is 2.57. The molecule has 0 aromatic carbocycles. The molecule has 0 spiro atoms. The van der Waals surface area contributed by atoms with Gasteiger partial charge in [-0.1, -0.05) is 11.6 Å². The third-order valence-electron chi connectivity index (χ3n) is 1.52. The quantitative estimate of drug-likeness (QED) is 0.701. The molecule has 2 rings (SSSR count). The van der Waals surface area contributed by atoms with Crippen LogP contribution in [0.4, 0.5) is 0 Å². The lowest BCUT2D eigenvalue weighted by Crippen LogP contribution is -1.91. The van der Waals surface area contributed by atoms with Crippen LogP contribution in [-0.4, -0.2) is 19.9 Å². The van der Waals surface area contributed by atoms with Crippen molar-refractivity contribution in [3.8, 4) is 11.4 Å². The van der Waals surface area contributed by atoms with Gasteiger partial charge in [0.25, 0.3) is 0 Å². The van der Waals surface area contributed by atoms with Gasteiger partial charge < -0.3 is 0 Å². The highest BCUT2D eigenvalue weighted by molar-refractivity contribution is 6.33. The van der Waals surface area contributed by atoms with Crippen molar-refractivity contribution >= 4 is 23.2 Å². The Morgan fingerprint density at radius 3 is 2.57 bits per heavy atom. The lowest BCUT2D eigenvalue weighted by molar-refractivity contribution is 1.13. The van der Waals surface area contributed by atoms with E-state index in [4.69, 9.17) is 23.2 Å². The van der Waals surface area contributed by atoms with Crippen LogP contribution in [0.5, 0.6) is 0 Å². The van der Waals surface area contributed by atoms with Gasteiger partial charge in [0.15, 0.2) is 0 Å². The molecular formula is C8H4Cl2N4. The van der Waals surface area contributed by atoms with E-state index in [-0.39, 0.29) is 5.28 Å². The van der Waals surface area contributed by atoms with Crippen LogP contribution >= 0.6 is 23.2 Å². The van der Waals surface area contributed by atoms with Gasteiger partial charge in [-0.05, 0) is 11.6 Å². The fourth-order valence-corrected chi connectivity index (χ4v) is 1.27. The molecule has 2 heterocycles. The summed E-state index contributed by atoms with van der Waals surface area (Å²) in [6.45, 7) is 0. The van der Waals surface area contributed by atoms with Crippen molar-refractivity contribution in [2.24, 2.45) is 0 Å². The maximum absolute atomic E-state index is 5.88. The first-order chi connectivity index (χ1) is 6.77. The molecule has 70 valence electrons. The maximum Gasteiger partial charge on any atom is 0.223 e. The van der Waals surface area contributed by atoms with Crippen LogP contribution < -0.4 is 0 Å². The minimum absolute atomic E-state index is 0.134. The van der Waals surface area contributed by atoms with Crippen molar-refractivity contribution in [3.05, 3.63) is 35.1 Å². The average molecular weight is 227 g/mol. The van der Waals surface area contributed by atoms with Crippen molar-refractivity contribution in [2.75, 3.05) is 0 Å². The number of rotatable bonds is 1. The molecule has 0 fully saturated rings. The van der Waals surface area contributed by atoms with Crippen molar-refractivity contribution in [2.45, 2.75) is 0 Å². The lowest BCUT2D eigenvalue weighted by Gasteiger charge is -2.00. The molecule has 4 nitrogen and oxygen atoms in total. The second-order valence-corrected chi connectivity index (χ2v) is 3.17. The van der Waals surface area contributed by atoms with E-state index in [1.807, 2.05) is 0 Å². The third kappa shape index (κ3) is 1.81. The highest BCUT2D eigenvalue weighted by atomic mass is 35.5. The van der Waals surface area contributed by atoms with Crippen molar-refractivity contribution < 1.29 is 0 Å². The first-order valence-corrected chi connectivity index (χ1v) is 4.47. The van der Waals surface area contributed by atoms with Gasteiger partial charge in [0.1, 0.15) is 11.4 Å². The van der Waals surface area contributed by atoms with Crippen LogP contribution in [0.2, 0.25) is 10.3 Å². The summed E-state index contributed by atoms with van der Waals surface area (Å²) >= 11 is 11.5. The van der Waals surface area contributed by atoms with Crippen molar-refractivity contribution in [1.82, 2.24) is 19.9 Å². The first-order valence-electron chi connectivity index (χ1n) is 3.72. The van der Waals surface area contributed by atoms with Gasteiger partial charge in [-0.2, -0.15) is 0 Å². The van der Waals surface area contributed by atoms with E-state index in [0.717, 1.165) is 0 Å². The van der Waals surface area contributed by atoms with Crippen LogP contribution in [0.25, 0.3) is 11.4 Å². The Kier molecular flexibility index (Phi) is 2.56. The van der Waals surface area contributed by atoms with Crippen molar-refractivity contribution in [1.29, 1.82) is 0 Å². The van der Waals surface area contributed by atoms with Crippen LogP contribution in [0.1, 0.15) is 0 Å². The van der Waals surface area contributed by atoms with E-state index < -0.39 is 0 Å². The number of nitrogens with zero attached hydrogens (tertiary/aromatic N) is 4. The second-order valence-electron chi connectivity index (χ2n) is 2.43. The zero-order valence-electron chi connectivity index (χ0n) is 6.85. The average Bonchev–Trinajstić information content (AvgIpc) is 2.23. The second kappa shape index (κ2) is 3.86. The number of halogens is 2. The maximum atomic E-state index is 5.88. The third-order valence-corrected chi connectivity index (χ3v) is 1.98. The SMILES string of the molecule is Clc1ncc(Cl)c(-c2cnccn2)n1. The fourth-order valence-electron chi connectivity index (χ4n) is 0.947. The summed E-state index contributed by atoms with van der Waals surface area (Å²) < 4.78 is 0. The van der Waals surface area contributed by atoms with Crippen LogP contribution in [0.15, 0.2) is 24.8 Å². The topological polar surface area (TPSA) is 51.6 Å². The summed E-state index contributed by atoms with van der Waals surface area (Å²) in [6, 6.07) is 0. The number of hydrogen-bond donors (Lipinski definition) is 0. The van der Waals surface area contributed by atoms with E-state index in [2.05, 4.69) is 19.9 Å². The zero-order valence-corrected chi connectivity index (χ0v) is 8.37. The van der Waals surface area contributed by atoms with Gasteiger partial charge in [0.05, 0.1) is 17.4 Å². The molecule has 0 aliphatic carbocycles.